The molecule has 0 heterocycles. The van der Waals surface area contributed by atoms with Crippen LogP contribution >= 0.6 is 15.6 Å². The zero-order valence-corrected chi connectivity index (χ0v) is 66.9. The van der Waals surface area contributed by atoms with Crippen molar-refractivity contribution in [2.24, 2.45) is 23.7 Å². The maximum atomic E-state index is 13.1. The molecule has 0 aromatic carbocycles. The Labute approximate surface area is 607 Å². The molecule has 0 rings (SSSR count). The molecule has 5 atom stereocenters. The van der Waals surface area contributed by atoms with Gasteiger partial charge in [0.1, 0.15) is 19.3 Å². The first-order valence-electron chi connectivity index (χ1n) is 41.2. The summed E-state index contributed by atoms with van der Waals surface area (Å²) in [6.45, 7) is 14.2. The molecule has 0 saturated heterocycles. The first kappa shape index (κ1) is 97.1. The number of phosphoric acid groups is 2. The molecule has 0 aromatic rings. The molecule has 19 heteroatoms. The average Bonchev–Trinajstić information content (AvgIpc) is 1.02. The van der Waals surface area contributed by atoms with Crippen LogP contribution in [0.3, 0.4) is 0 Å². The van der Waals surface area contributed by atoms with Crippen LogP contribution in [0.25, 0.3) is 0 Å². The standard InChI is InChI=1S/C80H156O17P2/c1-70(2)56-48-40-32-26-20-15-11-9-13-17-23-29-35-44-52-60-77(82)90-66-75(96-79(84)62-54-46-36-30-24-18-14-10-12-16-21-27-33-41-49-57-71(3)4)68-94-98(86,87)92-64-74(81)65-93-99(88,89)95-69-76(67-91-78(83)61-53-45-39-38-43-51-59-73(7)8)97-80(85)63-55-47-37-31-25-19-22-28-34-42-50-58-72(5)6/h70-76,81H,9-69H2,1-8H3,(H,86,87)(H,88,89)/t74-,75-,76-/m1/s1. The lowest BCUT2D eigenvalue weighted by Gasteiger charge is -2.21. The fourth-order valence-electron chi connectivity index (χ4n) is 12.3. The molecule has 0 amide bonds. The van der Waals surface area contributed by atoms with Crippen LogP contribution in [0.4, 0.5) is 0 Å². The van der Waals surface area contributed by atoms with Crippen molar-refractivity contribution in [1.29, 1.82) is 0 Å². The van der Waals surface area contributed by atoms with E-state index >= 15 is 0 Å². The van der Waals surface area contributed by atoms with Gasteiger partial charge in [0, 0.05) is 25.7 Å². The maximum absolute atomic E-state index is 13.1. The SMILES string of the molecule is CC(C)CCCCCCCCCCCCCCCCCC(=O)OC[C@H](COP(=O)(O)OC[C@@H](O)COP(=O)(O)OC[C@@H](COC(=O)CCCCCCCCC(C)C)OC(=O)CCCCCCCCCCCCCC(C)C)OC(=O)CCCCCCCCCCCCCCCCCC(C)C. The van der Waals surface area contributed by atoms with Crippen LogP contribution < -0.4 is 0 Å². The quantitative estimate of drug-likeness (QED) is 0.0222. The van der Waals surface area contributed by atoms with Crippen LogP contribution in [0.15, 0.2) is 0 Å². The van der Waals surface area contributed by atoms with Crippen molar-refractivity contribution in [1.82, 2.24) is 0 Å². The summed E-state index contributed by atoms with van der Waals surface area (Å²) in [5.41, 5.74) is 0. The molecule has 588 valence electrons. The lowest BCUT2D eigenvalue weighted by Crippen LogP contribution is -2.30. The zero-order valence-electron chi connectivity index (χ0n) is 65.1. The Kier molecular flexibility index (Phi) is 67.8. The molecule has 0 aliphatic heterocycles. The zero-order chi connectivity index (χ0) is 73.1. The van der Waals surface area contributed by atoms with Crippen LogP contribution in [0.1, 0.15) is 409 Å². The van der Waals surface area contributed by atoms with Crippen LogP contribution in [-0.2, 0) is 65.4 Å². The van der Waals surface area contributed by atoms with Gasteiger partial charge in [-0.2, -0.15) is 0 Å². The summed E-state index contributed by atoms with van der Waals surface area (Å²) < 4.78 is 68.6. The fourth-order valence-corrected chi connectivity index (χ4v) is 13.8. The van der Waals surface area contributed by atoms with Crippen molar-refractivity contribution in [3.63, 3.8) is 0 Å². The molecular weight excluding hydrogens is 1290 g/mol. The highest BCUT2D eigenvalue weighted by Gasteiger charge is 2.30. The number of aliphatic hydroxyl groups excluding tert-OH is 1. The van der Waals surface area contributed by atoms with Gasteiger partial charge in [-0.15, -0.1) is 0 Å². The van der Waals surface area contributed by atoms with Crippen molar-refractivity contribution >= 4 is 39.5 Å². The summed E-state index contributed by atoms with van der Waals surface area (Å²) in [6, 6.07) is 0. The molecule has 2 unspecified atom stereocenters. The van der Waals surface area contributed by atoms with Crippen LogP contribution in [0, 0.1) is 23.7 Å². The second kappa shape index (κ2) is 69.1. The second-order valence-electron chi connectivity index (χ2n) is 30.7. The number of hydrogen-bond donors (Lipinski definition) is 3. The van der Waals surface area contributed by atoms with Gasteiger partial charge in [-0.25, -0.2) is 9.13 Å². The topological polar surface area (TPSA) is 237 Å². The van der Waals surface area contributed by atoms with Gasteiger partial charge in [-0.05, 0) is 49.4 Å². The molecule has 0 saturated carbocycles. The number of ether oxygens (including phenoxy) is 4. The summed E-state index contributed by atoms with van der Waals surface area (Å²) in [7, 11) is -9.92. The van der Waals surface area contributed by atoms with Crippen molar-refractivity contribution in [2.75, 3.05) is 39.6 Å². The van der Waals surface area contributed by atoms with E-state index in [4.69, 9.17) is 37.0 Å². The number of carbonyl (C=O) groups excluding carboxylic acids is 4. The lowest BCUT2D eigenvalue weighted by molar-refractivity contribution is -0.161. The third kappa shape index (κ3) is 74.1. The summed E-state index contributed by atoms with van der Waals surface area (Å²) >= 11 is 0. The van der Waals surface area contributed by atoms with Crippen LogP contribution in [-0.4, -0.2) is 96.7 Å². The number of unbranched alkanes of at least 4 members (excludes halogenated alkanes) is 43. The monoisotopic (exact) mass is 1450 g/mol. The number of esters is 4. The minimum absolute atomic E-state index is 0.105. The van der Waals surface area contributed by atoms with Crippen LogP contribution in [0.2, 0.25) is 0 Å². The van der Waals surface area contributed by atoms with E-state index in [1.54, 1.807) is 0 Å². The first-order chi connectivity index (χ1) is 47.6. The summed E-state index contributed by atoms with van der Waals surface area (Å²) in [5.74, 6) is 0.937. The highest BCUT2D eigenvalue weighted by atomic mass is 31.2. The number of rotatable bonds is 77. The number of phosphoric ester groups is 2. The molecule has 0 aliphatic carbocycles. The minimum atomic E-state index is -4.96. The summed E-state index contributed by atoms with van der Waals surface area (Å²) in [6.07, 6.45) is 55.7. The highest BCUT2D eigenvalue weighted by molar-refractivity contribution is 7.47. The third-order valence-electron chi connectivity index (χ3n) is 18.6. The normalized spacial score (nSPS) is 14.1. The first-order valence-corrected chi connectivity index (χ1v) is 44.2. The van der Waals surface area contributed by atoms with E-state index in [1.165, 1.54) is 205 Å². The molecule has 17 nitrogen and oxygen atoms in total. The molecule has 0 bridgehead atoms. The van der Waals surface area contributed by atoms with Crippen molar-refractivity contribution in [3.8, 4) is 0 Å². The van der Waals surface area contributed by atoms with Gasteiger partial charge in [0.25, 0.3) is 0 Å². The van der Waals surface area contributed by atoms with Crippen molar-refractivity contribution in [2.45, 2.75) is 427 Å². The lowest BCUT2D eigenvalue weighted by atomic mass is 10.0. The van der Waals surface area contributed by atoms with Gasteiger partial charge >= 0.3 is 39.5 Å². The highest BCUT2D eigenvalue weighted by Crippen LogP contribution is 2.45. The molecule has 3 N–H and O–H groups in total. The van der Waals surface area contributed by atoms with E-state index in [0.29, 0.717) is 31.6 Å². The van der Waals surface area contributed by atoms with Gasteiger partial charge < -0.3 is 33.8 Å². The number of carbonyl (C=O) groups is 4. The molecule has 0 aromatic heterocycles. The second-order valence-corrected chi connectivity index (χ2v) is 33.6. The van der Waals surface area contributed by atoms with Gasteiger partial charge in [-0.1, -0.05) is 357 Å². The molecule has 0 spiro atoms. The summed E-state index contributed by atoms with van der Waals surface area (Å²) in [5, 5.41) is 10.6. The minimum Gasteiger partial charge on any atom is -0.462 e. The van der Waals surface area contributed by atoms with Crippen LogP contribution in [0.5, 0.6) is 0 Å². The smallest absolute Gasteiger partial charge is 0.462 e. The number of hydrogen-bond acceptors (Lipinski definition) is 15. The van der Waals surface area contributed by atoms with E-state index in [1.807, 2.05) is 0 Å². The molecule has 0 radical (unpaired) electrons. The summed E-state index contributed by atoms with van der Waals surface area (Å²) in [4.78, 5) is 72.9. The Morgan fingerprint density at radius 1 is 0.253 bits per heavy atom. The van der Waals surface area contributed by atoms with E-state index in [9.17, 15) is 43.2 Å². The molecule has 0 fully saturated rings. The number of aliphatic hydroxyl groups is 1. The van der Waals surface area contributed by atoms with E-state index < -0.39 is 97.5 Å². The Morgan fingerprint density at radius 3 is 0.626 bits per heavy atom. The Hall–Kier alpha value is -1.94. The predicted octanol–water partition coefficient (Wildman–Crippen LogP) is 23.6. The average molecular weight is 1450 g/mol. The maximum Gasteiger partial charge on any atom is 0.472 e. The Balaban J connectivity index is 5.23. The van der Waals surface area contributed by atoms with Gasteiger partial charge in [0.2, 0.25) is 0 Å². The Morgan fingerprint density at radius 2 is 0.424 bits per heavy atom. The van der Waals surface area contributed by atoms with E-state index in [-0.39, 0.29) is 25.7 Å². The fraction of sp³-hybridized carbons (Fsp3) is 0.950. The third-order valence-corrected chi connectivity index (χ3v) is 20.5. The van der Waals surface area contributed by atoms with Gasteiger partial charge in [0.15, 0.2) is 12.2 Å². The Bertz CT molecular complexity index is 1940. The largest absolute Gasteiger partial charge is 0.472 e. The van der Waals surface area contributed by atoms with Gasteiger partial charge in [-0.3, -0.25) is 37.3 Å². The predicted molar refractivity (Wildman–Crippen MR) is 404 cm³/mol. The van der Waals surface area contributed by atoms with E-state index in [0.717, 1.165) is 114 Å². The van der Waals surface area contributed by atoms with Crippen molar-refractivity contribution in [3.05, 3.63) is 0 Å². The molecule has 99 heavy (non-hydrogen) atoms. The molecular formula is C80H156O17P2. The van der Waals surface area contributed by atoms with E-state index in [2.05, 4.69) is 55.4 Å². The van der Waals surface area contributed by atoms with Crippen molar-refractivity contribution < 1.29 is 80.2 Å². The molecule has 0 aliphatic rings. The van der Waals surface area contributed by atoms with Gasteiger partial charge in [0.05, 0.1) is 26.4 Å².